The summed E-state index contributed by atoms with van der Waals surface area (Å²) in [6.45, 7) is 5.18. The molecule has 1 heterocycles. The molecule has 0 aliphatic carbocycles. The number of hydrogen-bond acceptors (Lipinski definition) is 4. The SMILES string of the molecule is CCOc1ccccc1/C=C/C(=O)NCC(=O)N1CCN(c2ccc(Cl)cc2)CC1. The smallest absolute Gasteiger partial charge is 0.244 e. The molecule has 0 spiro atoms. The standard InChI is InChI=1S/C23H26ClN3O3/c1-2-30-21-6-4-3-5-18(21)7-12-22(28)25-17-23(29)27-15-13-26(14-16-27)20-10-8-19(24)9-11-20/h3-12H,2,13-17H2,1H3,(H,25,28)/b12-7+. The second kappa shape index (κ2) is 10.7. The van der Waals surface area contributed by atoms with Crippen LogP contribution >= 0.6 is 11.6 Å². The van der Waals surface area contributed by atoms with Crippen molar-refractivity contribution in [2.75, 3.05) is 44.2 Å². The van der Waals surface area contributed by atoms with Crippen LogP contribution in [0.3, 0.4) is 0 Å². The zero-order chi connectivity index (χ0) is 21.3. The third-order valence-electron chi connectivity index (χ3n) is 4.87. The zero-order valence-electron chi connectivity index (χ0n) is 17.0. The van der Waals surface area contributed by atoms with Crippen LogP contribution < -0.4 is 15.0 Å². The van der Waals surface area contributed by atoms with Crippen LogP contribution in [-0.4, -0.2) is 56.0 Å². The summed E-state index contributed by atoms with van der Waals surface area (Å²) in [6, 6.07) is 15.2. The molecule has 0 bridgehead atoms. The Morgan fingerprint density at radius 2 is 1.77 bits per heavy atom. The second-order valence-electron chi connectivity index (χ2n) is 6.87. The molecular weight excluding hydrogens is 402 g/mol. The quantitative estimate of drug-likeness (QED) is 0.689. The summed E-state index contributed by atoms with van der Waals surface area (Å²) in [6.07, 6.45) is 3.11. The molecule has 0 radical (unpaired) electrons. The number of nitrogens with one attached hydrogen (secondary N) is 1. The van der Waals surface area contributed by atoms with Crippen LogP contribution in [0, 0.1) is 0 Å². The molecule has 6 nitrogen and oxygen atoms in total. The Balaban J connectivity index is 1.44. The highest BCUT2D eigenvalue weighted by Gasteiger charge is 2.21. The van der Waals surface area contributed by atoms with Gasteiger partial charge >= 0.3 is 0 Å². The molecule has 158 valence electrons. The number of carbonyl (C=O) groups is 2. The number of anilines is 1. The average Bonchev–Trinajstić information content (AvgIpc) is 2.78. The highest BCUT2D eigenvalue weighted by Crippen LogP contribution is 2.20. The second-order valence-corrected chi connectivity index (χ2v) is 7.30. The summed E-state index contributed by atoms with van der Waals surface area (Å²) in [4.78, 5) is 28.5. The van der Waals surface area contributed by atoms with E-state index in [2.05, 4.69) is 10.2 Å². The summed E-state index contributed by atoms with van der Waals surface area (Å²) in [7, 11) is 0. The monoisotopic (exact) mass is 427 g/mol. The fourth-order valence-electron chi connectivity index (χ4n) is 3.27. The van der Waals surface area contributed by atoms with Gasteiger partial charge in [0, 0.05) is 48.5 Å². The van der Waals surface area contributed by atoms with E-state index >= 15 is 0 Å². The number of rotatable bonds is 7. The van der Waals surface area contributed by atoms with Crippen molar-refractivity contribution in [3.63, 3.8) is 0 Å². The highest BCUT2D eigenvalue weighted by atomic mass is 35.5. The van der Waals surface area contributed by atoms with Crippen molar-refractivity contribution in [2.24, 2.45) is 0 Å². The van der Waals surface area contributed by atoms with Gasteiger partial charge in [0.2, 0.25) is 11.8 Å². The molecule has 0 atom stereocenters. The summed E-state index contributed by atoms with van der Waals surface area (Å²) in [5, 5.41) is 3.37. The van der Waals surface area contributed by atoms with Crippen LogP contribution in [0.5, 0.6) is 5.75 Å². The van der Waals surface area contributed by atoms with Crippen LogP contribution in [0.1, 0.15) is 12.5 Å². The lowest BCUT2D eigenvalue weighted by Gasteiger charge is -2.36. The van der Waals surface area contributed by atoms with Gasteiger partial charge in [0.05, 0.1) is 13.2 Å². The molecule has 1 saturated heterocycles. The molecule has 2 amide bonds. The minimum Gasteiger partial charge on any atom is -0.493 e. The Kier molecular flexibility index (Phi) is 7.74. The number of ether oxygens (including phenoxy) is 1. The van der Waals surface area contributed by atoms with E-state index in [-0.39, 0.29) is 18.4 Å². The minimum atomic E-state index is -0.311. The molecule has 3 rings (SSSR count). The van der Waals surface area contributed by atoms with Crippen molar-refractivity contribution in [3.05, 3.63) is 65.2 Å². The van der Waals surface area contributed by atoms with Gasteiger partial charge < -0.3 is 19.9 Å². The van der Waals surface area contributed by atoms with Crippen LogP contribution in [-0.2, 0) is 9.59 Å². The minimum absolute atomic E-state index is 0.0166. The molecule has 1 aliphatic heterocycles. The van der Waals surface area contributed by atoms with Crippen molar-refractivity contribution < 1.29 is 14.3 Å². The number of halogens is 1. The molecule has 30 heavy (non-hydrogen) atoms. The largest absolute Gasteiger partial charge is 0.493 e. The van der Waals surface area contributed by atoms with E-state index in [1.165, 1.54) is 6.08 Å². The highest BCUT2D eigenvalue weighted by molar-refractivity contribution is 6.30. The Bertz CT molecular complexity index is 891. The Morgan fingerprint density at radius 3 is 2.47 bits per heavy atom. The number of benzene rings is 2. The number of piperazine rings is 1. The predicted octanol–water partition coefficient (Wildman–Crippen LogP) is 3.22. The number of amides is 2. The van der Waals surface area contributed by atoms with E-state index in [0.29, 0.717) is 24.7 Å². The van der Waals surface area contributed by atoms with Gasteiger partial charge in [0.15, 0.2) is 0 Å². The van der Waals surface area contributed by atoms with Crippen LogP contribution in [0.15, 0.2) is 54.6 Å². The number of hydrogen-bond donors (Lipinski definition) is 1. The van der Waals surface area contributed by atoms with E-state index in [4.69, 9.17) is 16.3 Å². The van der Waals surface area contributed by atoms with Crippen molar-refractivity contribution in [3.8, 4) is 5.75 Å². The number of para-hydroxylation sites is 1. The molecule has 2 aromatic carbocycles. The van der Waals surface area contributed by atoms with Gasteiger partial charge in [-0.05, 0) is 43.3 Å². The lowest BCUT2D eigenvalue weighted by molar-refractivity contribution is -0.132. The third kappa shape index (κ3) is 6.00. The van der Waals surface area contributed by atoms with Gasteiger partial charge in [-0.25, -0.2) is 0 Å². The van der Waals surface area contributed by atoms with Crippen molar-refractivity contribution in [2.45, 2.75) is 6.92 Å². The van der Waals surface area contributed by atoms with Crippen molar-refractivity contribution in [1.82, 2.24) is 10.2 Å². The molecule has 0 aromatic heterocycles. The van der Waals surface area contributed by atoms with E-state index in [1.807, 2.05) is 55.5 Å². The summed E-state index contributed by atoms with van der Waals surface area (Å²) >= 11 is 5.94. The van der Waals surface area contributed by atoms with Crippen molar-refractivity contribution >= 4 is 35.2 Å². The van der Waals surface area contributed by atoms with Gasteiger partial charge in [0.25, 0.3) is 0 Å². The summed E-state index contributed by atoms with van der Waals surface area (Å²) in [5.74, 6) is 0.329. The Labute approximate surface area is 182 Å². The molecule has 0 unspecified atom stereocenters. The van der Waals surface area contributed by atoms with Crippen molar-refractivity contribution in [1.29, 1.82) is 0 Å². The fourth-order valence-corrected chi connectivity index (χ4v) is 3.40. The fraction of sp³-hybridized carbons (Fsp3) is 0.304. The molecule has 1 aliphatic rings. The lowest BCUT2D eigenvalue weighted by atomic mass is 10.2. The summed E-state index contributed by atoms with van der Waals surface area (Å²) < 4.78 is 5.54. The van der Waals surface area contributed by atoms with E-state index in [0.717, 1.165) is 30.1 Å². The molecule has 1 fully saturated rings. The third-order valence-corrected chi connectivity index (χ3v) is 5.12. The molecule has 1 N–H and O–H groups in total. The first kappa shape index (κ1) is 21.7. The number of nitrogens with zero attached hydrogens (tertiary/aromatic N) is 2. The van der Waals surface area contributed by atoms with Crippen LogP contribution in [0.2, 0.25) is 5.02 Å². The maximum absolute atomic E-state index is 12.4. The summed E-state index contributed by atoms with van der Waals surface area (Å²) in [5.41, 5.74) is 1.91. The van der Waals surface area contributed by atoms with Crippen LogP contribution in [0.25, 0.3) is 6.08 Å². The molecule has 2 aromatic rings. The lowest BCUT2D eigenvalue weighted by Crippen LogP contribution is -2.51. The van der Waals surface area contributed by atoms with Gasteiger partial charge in [-0.2, -0.15) is 0 Å². The first-order valence-corrected chi connectivity index (χ1v) is 10.4. The topological polar surface area (TPSA) is 61.9 Å². The van der Waals surface area contributed by atoms with E-state index < -0.39 is 0 Å². The normalized spacial score (nSPS) is 14.1. The maximum Gasteiger partial charge on any atom is 0.244 e. The van der Waals surface area contributed by atoms with Gasteiger partial charge in [0.1, 0.15) is 5.75 Å². The Hall–Kier alpha value is -2.99. The van der Waals surface area contributed by atoms with Crippen LogP contribution in [0.4, 0.5) is 5.69 Å². The average molecular weight is 428 g/mol. The molecular formula is C23H26ClN3O3. The van der Waals surface area contributed by atoms with E-state index in [1.54, 1.807) is 11.0 Å². The Morgan fingerprint density at radius 1 is 1.07 bits per heavy atom. The first-order chi connectivity index (χ1) is 14.6. The predicted molar refractivity (Wildman–Crippen MR) is 120 cm³/mol. The number of carbonyl (C=O) groups excluding carboxylic acids is 2. The van der Waals surface area contributed by atoms with Gasteiger partial charge in [-0.3, -0.25) is 9.59 Å². The van der Waals surface area contributed by atoms with Gasteiger partial charge in [-0.1, -0.05) is 29.8 Å². The zero-order valence-corrected chi connectivity index (χ0v) is 17.8. The first-order valence-electron chi connectivity index (χ1n) is 10.0. The molecule has 7 heteroatoms. The van der Waals surface area contributed by atoms with E-state index in [9.17, 15) is 9.59 Å². The maximum atomic E-state index is 12.4. The molecule has 0 saturated carbocycles. The van der Waals surface area contributed by atoms with Gasteiger partial charge in [-0.15, -0.1) is 0 Å².